The predicted molar refractivity (Wildman–Crippen MR) is 96.2 cm³/mol. The highest BCUT2D eigenvalue weighted by atomic mass is 35.5. The number of nitrogens with zero attached hydrogens (tertiary/aromatic N) is 3. The molecule has 4 rings (SSSR count). The number of hydrogen-bond acceptors (Lipinski definition) is 4. The highest BCUT2D eigenvalue weighted by Gasteiger charge is 2.30. The molecule has 1 aromatic carbocycles. The Morgan fingerprint density at radius 3 is 2.40 bits per heavy atom. The molecular formula is C19H14ClFN4. The summed E-state index contributed by atoms with van der Waals surface area (Å²) in [4.78, 5) is 10.2. The maximum Gasteiger partial charge on any atom is 0.130 e. The van der Waals surface area contributed by atoms with Gasteiger partial charge in [-0.2, -0.15) is 0 Å². The zero-order valence-electron chi connectivity index (χ0n) is 13.1. The Hall–Kier alpha value is -2.92. The molecule has 0 saturated carbocycles. The summed E-state index contributed by atoms with van der Waals surface area (Å²) in [5, 5.41) is 3.90. The number of benzene rings is 1. The Balaban J connectivity index is 1.81. The summed E-state index contributed by atoms with van der Waals surface area (Å²) >= 11 is 6.40. The summed E-state index contributed by atoms with van der Waals surface area (Å²) in [6, 6.07) is 12.2. The second kappa shape index (κ2) is 6.53. The van der Waals surface area contributed by atoms with Gasteiger partial charge in [-0.15, -0.1) is 0 Å². The molecule has 1 unspecified atom stereocenters. The van der Waals surface area contributed by atoms with E-state index in [1.54, 1.807) is 36.9 Å². The Morgan fingerprint density at radius 1 is 0.960 bits per heavy atom. The van der Waals surface area contributed by atoms with Crippen molar-refractivity contribution >= 4 is 23.0 Å². The Kier molecular flexibility index (Phi) is 4.07. The van der Waals surface area contributed by atoms with Crippen LogP contribution in [0.1, 0.15) is 17.3 Å². The maximum absolute atomic E-state index is 13.3. The molecule has 1 aliphatic heterocycles. The highest BCUT2D eigenvalue weighted by Crippen LogP contribution is 2.40. The molecule has 1 aliphatic rings. The number of nitrogens with one attached hydrogen (secondary N) is 1. The van der Waals surface area contributed by atoms with Crippen molar-refractivity contribution in [2.24, 2.45) is 0 Å². The predicted octanol–water partition coefficient (Wildman–Crippen LogP) is 4.38. The van der Waals surface area contributed by atoms with Gasteiger partial charge in [0.05, 0.1) is 16.4 Å². The Bertz CT molecular complexity index is 912. The Morgan fingerprint density at radius 2 is 1.68 bits per heavy atom. The minimum Gasteiger partial charge on any atom is -0.365 e. The fourth-order valence-electron chi connectivity index (χ4n) is 2.91. The molecule has 3 heterocycles. The van der Waals surface area contributed by atoms with Gasteiger partial charge in [0.15, 0.2) is 0 Å². The molecule has 0 saturated heterocycles. The molecule has 4 nitrogen and oxygen atoms in total. The largest absolute Gasteiger partial charge is 0.365 e. The molecule has 1 N–H and O–H groups in total. The first-order chi connectivity index (χ1) is 12.2. The van der Waals surface area contributed by atoms with Gasteiger partial charge in [0, 0.05) is 36.6 Å². The van der Waals surface area contributed by atoms with Gasteiger partial charge in [-0.3, -0.25) is 9.97 Å². The number of anilines is 1. The summed E-state index contributed by atoms with van der Waals surface area (Å²) in [5.74, 6) is -0.266. The molecule has 1 atom stereocenters. The van der Waals surface area contributed by atoms with E-state index in [1.807, 2.05) is 24.4 Å². The minimum absolute atomic E-state index is 0.205. The van der Waals surface area contributed by atoms with Crippen molar-refractivity contribution in [1.82, 2.24) is 15.3 Å². The number of rotatable bonds is 3. The molecule has 124 valence electrons. The summed E-state index contributed by atoms with van der Waals surface area (Å²) in [6.45, 7) is 0. The lowest BCUT2D eigenvalue weighted by molar-refractivity contribution is 0.621. The molecular weight excluding hydrogens is 339 g/mol. The summed E-state index contributed by atoms with van der Waals surface area (Å²) < 4.78 is 13.3. The zero-order chi connectivity index (χ0) is 17.2. The standard InChI is InChI=1S/C19H14ClFN4/c20-16-11-23-10-7-17(16)25-18(13-5-8-22-9-6-13)12-24-19(25)14-1-3-15(21)4-2-14/h1-12,19,24H. The smallest absolute Gasteiger partial charge is 0.130 e. The van der Waals surface area contributed by atoms with E-state index < -0.39 is 0 Å². The van der Waals surface area contributed by atoms with Crippen molar-refractivity contribution in [3.8, 4) is 0 Å². The van der Waals surface area contributed by atoms with E-state index in [-0.39, 0.29) is 12.0 Å². The van der Waals surface area contributed by atoms with Gasteiger partial charge in [-0.25, -0.2) is 4.39 Å². The lowest BCUT2D eigenvalue weighted by atomic mass is 10.1. The molecule has 0 bridgehead atoms. The molecule has 25 heavy (non-hydrogen) atoms. The van der Waals surface area contributed by atoms with Crippen molar-refractivity contribution in [3.05, 3.63) is 95.4 Å². The molecule has 0 spiro atoms. The summed E-state index contributed by atoms with van der Waals surface area (Å²) in [5.41, 5.74) is 3.69. The molecule has 0 radical (unpaired) electrons. The van der Waals surface area contributed by atoms with Crippen molar-refractivity contribution < 1.29 is 4.39 Å². The van der Waals surface area contributed by atoms with E-state index in [2.05, 4.69) is 20.2 Å². The summed E-state index contributed by atoms with van der Waals surface area (Å²) in [6.07, 6.45) is 8.53. The van der Waals surface area contributed by atoms with Gasteiger partial charge in [0.25, 0.3) is 0 Å². The molecule has 3 aromatic rings. The monoisotopic (exact) mass is 352 g/mol. The first-order valence-corrected chi connectivity index (χ1v) is 8.12. The average molecular weight is 353 g/mol. The fourth-order valence-corrected chi connectivity index (χ4v) is 3.12. The van der Waals surface area contributed by atoms with Crippen LogP contribution in [0.25, 0.3) is 5.70 Å². The number of hydrogen-bond donors (Lipinski definition) is 1. The van der Waals surface area contributed by atoms with Crippen LogP contribution in [0.5, 0.6) is 0 Å². The first kappa shape index (κ1) is 15.6. The van der Waals surface area contributed by atoms with Crippen LogP contribution in [0.15, 0.2) is 73.5 Å². The van der Waals surface area contributed by atoms with Crippen LogP contribution in [-0.2, 0) is 0 Å². The van der Waals surface area contributed by atoms with Crippen LogP contribution in [0.4, 0.5) is 10.1 Å². The molecule has 2 aromatic heterocycles. The fraction of sp³-hybridized carbons (Fsp3) is 0.0526. The normalized spacial score (nSPS) is 16.5. The summed E-state index contributed by atoms with van der Waals surface area (Å²) in [7, 11) is 0. The minimum atomic E-state index is -0.266. The van der Waals surface area contributed by atoms with Gasteiger partial charge < -0.3 is 10.2 Å². The second-order valence-corrected chi connectivity index (χ2v) is 5.99. The van der Waals surface area contributed by atoms with E-state index in [0.717, 1.165) is 22.5 Å². The van der Waals surface area contributed by atoms with Crippen LogP contribution in [0.3, 0.4) is 0 Å². The van der Waals surface area contributed by atoms with Crippen molar-refractivity contribution in [3.63, 3.8) is 0 Å². The highest BCUT2D eigenvalue weighted by molar-refractivity contribution is 6.33. The first-order valence-electron chi connectivity index (χ1n) is 7.75. The zero-order valence-corrected chi connectivity index (χ0v) is 13.9. The van der Waals surface area contributed by atoms with Crippen LogP contribution >= 0.6 is 11.6 Å². The molecule has 0 amide bonds. The lowest BCUT2D eigenvalue weighted by Gasteiger charge is -2.30. The number of aromatic nitrogens is 2. The quantitative estimate of drug-likeness (QED) is 0.759. The average Bonchev–Trinajstić information content (AvgIpc) is 3.08. The van der Waals surface area contributed by atoms with Crippen molar-refractivity contribution in [2.45, 2.75) is 6.17 Å². The van der Waals surface area contributed by atoms with E-state index in [9.17, 15) is 4.39 Å². The topological polar surface area (TPSA) is 41.1 Å². The van der Waals surface area contributed by atoms with Gasteiger partial charge in [-0.05, 0) is 35.9 Å². The van der Waals surface area contributed by atoms with Gasteiger partial charge >= 0.3 is 0 Å². The van der Waals surface area contributed by atoms with E-state index in [1.165, 1.54) is 12.1 Å². The van der Waals surface area contributed by atoms with Crippen molar-refractivity contribution in [1.29, 1.82) is 0 Å². The third-order valence-corrected chi connectivity index (χ3v) is 4.36. The van der Waals surface area contributed by atoms with Gasteiger partial charge in [0.1, 0.15) is 12.0 Å². The number of halogens is 2. The van der Waals surface area contributed by atoms with Crippen LogP contribution in [-0.4, -0.2) is 9.97 Å². The molecule has 0 aliphatic carbocycles. The molecule has 6 heteroatoms. The third-order valence-electron chi connectivity index (χ3n) is 4.07. The molecule has 0 fully saturated rings. The van der Waals surface area contributed by atoms with E-state index in [0.29, 0.717) is 5.02 Å². The van der Waals surface area contributed by atoms with Gasteiger partial charge in [0.2, 0.25) is 0 Å². The van der Waals surface area contributed by atoms with Gasteiger partial charge in [-0.1, -0.05) is 23.7 Å². The second-order valence-electron chi connectivity index (χ2n) is 5.58. The third kappa shape index (κ3) is 2.94. The van der Waals surface area contributed by atoms with Crippen LogP contribution in [0.2, 0.25) is 5.02 Å². The van der Waals surface area contributed by atoms with E-state index in [4.69, 9.17) is 11.6 Å². The number of pyridine rings is 2. The van der Waals surface area contributed by atoms with Crippen LogP contribution < -0.4 is 10.2 Å². The maximum atomic E-state index is 13.3. The Labute approximate surface area is 149 Å². The lowest BCUT2D eigenvalue weighted by Crippen LogP contribution is -2.28. The van der Waals surface area contributed by atoms with Crippen LogP contribution in [0, 0.1) is 5.82 Å². The van der Waals surface area contributed by atoms with E-state index >= 15 is 0 Å². The van der Waals surface area contributed by atoms with Crippen molar-refractivity contribution in [2.75, 3.05) is 4.90 Å². The SMILES string of the molecule is Fc1ccc(C2NC=C(c3ccncc3)N2c2ccncc2Cl)cc1.